The number of aliphatic hydroxyl groups is 1. The van der Waals surface area contributed by atoms with Crippen LogP contribution in [0.15, 0.2) is 72.0 Å². The largest absolute Gasteiger partial charge is 0.388 e. The quantitative estimate of drug-likeness (QED) is 0.382. The number of fused-ring (bicyclic) bond motifs is 2. The topological polar surface area (TPSA) is 80.4 Å². The van der Waals surface area contributed by atoms with Crippen molar-refractivity contribution in [3.8, 4) is 0 Å². The lowest BCUT2D eigenvalue weighted by molar-refractivity contribution is -0.0325. The molecular formula is C30H30N4O2. The molecule has 2 aliphatic rings. The number of pyridine rings is 1. The van der Waals surface area contributed by atoms with Crippen molar-refractivity contribution >= 4 is 22.4 Å². The Hall–Kier alpha value is -3.64. The van der Waals surface area contributed by atoms with Gasteiger partial charge in [0.2, 0.25) is 0 Å². The van der Waals surface area contributed by atoms with Gasteiger partial charge in [-0.15, -0.1) is 0 Å². The molecule has 0 radical (unpaired) electrons. The number of hydrogen-bond acceptors (Lipinski definition) is 5. The lowest BCUT2D eigenvalue weighted by Gasteiger charge is -2.36. The Labute approximate surface area is 210 Å². The Morgan fingerprint density at radius 3 is 2.92 bits per heavy atom. The summed E-state index contributed by atoms with van der Waals surface area (Å²) >= 11 is 0. The predicted molar refractivity (Wildman–Crippen MR) is 140 cm³/mol. The second-order valence-corrected chi connectivity index (χ2v) is 10.4. The van der Waals surface area contributed by atoms with Gasteiger partial charge >= 0.3 is 0 Å². The van der Waals surface area contributed by atoms with Crippen molar-refractivity contribution in [3.05, 3.63) is 94.9 Å². The van der Waals surface area contributed by atoms with Crippen LogP contribution in [-0.2, 0) is 13.1 Å². The number of aliphatic imine (C=N–C) groups is 1. The van der Waals surface area contributed by atoms with Gasteiger partial charge in [-0.05, 0) is 61.9 Å². The third kappa shape index (κ3) is 4.49. The van der Waals surface area contributed by atoms with Crippen molar-refractivity contribution in [3.63, 3.8) is 0 Å². The van der Waals surface area contributed by atoms with E-state index in [9.17, 15) is 9.90 Å². The van der Waals surface area contributed by atoms with Crippen molar-refractivity contribution in [1.29, 1.82) is 0 Å². The summed E-state index contributed by atoms with van der Waals surface area (Å²) in [6.07, 6.45) is 7.47. The van der Waals surface area contributed by atoms with Gasteiger partial charge in [0, 0.05) is 46.6 Å². The van der Waals surface area contributed by atoms with Crippen LogP contribution in [0.1, 0.15) is 64.8 Å². The van der Waals surface area contributed by atoms with Gasteiger partial charge in [-0.25, -0.2) is 0 Å². The Bertz CT molecular complexity index is 1450. The zero-order valence-electron chi connectivity index (χ0n) is 20.5. The van der Waals surface area contributed by atoms with Gasteiger partial charge in [-0.1, -0.05) is 36.8 Å². The van der Waals surface area contributed by atoms with Crippen LogP contribution in [-0.4, -0.2) is 37.0 Å². The van der Waals surface area contributed by atoms with E-state index in [1.165, 1.54) is 0 Å². The second-order valence-electron chi connectivity index (χ2n) is 10.4. The number of Topliss-reactive ketones (excluding diaryl/α,β-unsaturated/α-hetero) is 1. The van der Waals surface area contributed by atoms with E-state index in [4.69, 9.17) is 4.99 Å². The monoisotopic (exact) mass is 478 g/mol. The van der Waals surface area contributed by atoms with Crippen LogP contribution in [0.5, 0.6) is 0 Å². The molecule has 1 aliphatic heterocycles. The lowest BCUT2D eigenvalue weighted by Crippen LogP contribution is -2.40. The maximum atomic E-state index is 13.3. The van der Waals surface area contributed by atoms with Gasteiger partial charge < -0.3 is 5.11 Å². The summed E-state index contributed by atoms with van der Waals surface area (Å²) in [5.74, 6) is 0.291. The minimum atomic E-state index is -0.845. The van der Waals surface area contributed by atoms with Crippen LogP contribution in [0, 0.1) is 12.8 Å². The maximum Gasteiger partial charge on any atom is 0.163 e. The Balaban J connectivity index is 1.16. The SMILES string of the molecule is Cc1cc(C2=NCc3ccc(C(=O)C[C@@H]4CCC[C@@](O)(Cn5cc6ccccc6n5)C4)cc32)ccn1. The van der Waals surface area contributed by atoms with E-state index >= 15 is 0 Å². The van der Waals surface area contributed by atoms with Crippen molar-refractivity contribution < 1.29 is 9.90 Å². The van der Waals surface area contributed by atoms with Crippen LogP contribution in [0.2, 0.25) is 0 Å². The van der Waals surface area contributed by atoms with Crippen LogP contribution in [0.25, 0.3) is 10.9 Å². The average molecular weight is 479 g/mol. The fourth-order valence-corrected chi connectivity index (χ4v) is 5.85. The fourth-order valence-electron chi connectivity index (χ4n) is 5.85. The molecule has 6 rings (SSSR count). The van der Waals surface area contributed by atoms with E-state index in [1.807, 2.05) is 72.4 Å². The molecule has 0 bridgehead atoms. The van der Waals surface area contributed by atoms with Gasteiger partial charge in [-0.3, -0.25) is 19.5 Å². The highest BCUT2D eigenvalue weighted by molar-refractivity contribution is 6.16. The Morgan fingerprint density at radius 1 is 1.17 bits per heavy atom. The van der Waals surface area contributed by atoms with Crippen LogP contribution < -0.4 is 0 Å². The molecule has 4 aromatic rings. The van der Waals surface area contributed by atoms with E-state index in [1.54, 1.807) is 6.20 Å². The van der Waals surface area contributed by atoms with Crippen molar-refractivity contribution in [2.75, 3.05) is 0 Å². The van der Waals surface area contributed by atoms with E-state index in [0.29, 0.717) is 25.9 Å². The number of hydrogen-bond donors (Lipinski definition) is 1. The summed E-state index contributed by atoms with van der Waals surface area (Å²) in [5, 5.41) is 17.1. The highest BCUT2D eigenvalue weighted by atomic mass is 16.3. The first-order chi connectivity index (χ1) is 17.5. The highest BCUT2D eigenvalue weighted by Gasteiger charge is 2.36. The maximum absolute atomic E-state index is 13.3. The van der Waals surface area contributed by atoms with Crippen LogP contribution in [0.4, 0.5) is 0 Å². The van der Waals surface area contributed by atoms with E-state index in [2.05, 4.69) is 10.1 Å². The molecule has 0 unspecified atom stereocenters. The number of aryl methyl sites for hydroxylation is 1. The molecule has 0 amide bonds. The number of carbonyl (C=O) groups excluding carboxylic acids is 1. The minimum absolute atomic E-state index is 0.133. The van der Waals surface area contributed by atoms with Crippen molar-refractivity contribution in [2.45, 2.75) is 57.7 Å². The molecule has 0 saturated heterocycles. The summed E-state index contributed by atoms with van der Waals surface area (Å²) in [7, 11) is 0. The summed E-state index contributed by atoms with van der Waals surface area (Å²) in [5.41, 5.74) is 5.92. The number of ketones is 1. The first kappa shape index (κ1) is 22.8. The average Bonchev–Trinajstić information content (AvgIpc) is 3.46. The Kier molecular flexibility index (Phi) is 5.76. The second kappa shape index (κ2) is 9.10. The normalized spacial score (nSPS) is 21.4. The van der Waals surface area contributed by atoms with Gasteiger partial charge in [-0.2, -0.15) is 5.10 Å². The molecule has 2 aromatic heterocycles. The van der Waals surface area contributed by atoms with Crippen molar-refractivity contribution in [1.82, 2.24) is 14.8 Å². The number of carbonyl (C=O) groups is 1. The molecule has 182 valence electrons. The summed E-state index contributed by atoms with van der Waals surface area (Å²) in [4.78, 5) is 22.4. The van der Waals surface area contributed by atoms with Crippen LogP contribution in [0.3, 0.4) is 0 Å². The standard InChI is InChI=1S/C30H30N4O2/c1-20-13-23(10-12-31-20)29-26-15-22(8-9-24(26)17-32-29)28(35)14-21-5-4-11-30(36,16-21)19-34-18-25-6-2-3-7-27(25)33-34/h2-3,6-10,12-13,15,18,21,36H,4-5,11,14,16-17,19H2,1H3/t21-,30-/m0/s1. The molecule has 6 heteroatoms. The molecule has 36 heavy (non-hydrogen) atoms. The molecule has 3 heterocycles. The summed E-state index contributed by atoms with van der Waals surface area (Å²) in [6, 6.07) is 18.0. The first-order valence-electron chi connectivity index (χ1n) is 12.7. The van der Waals surface area contributed by atoms with Crippen LogP contribution >= 0.6 is 0 Å². The van der Waals surface area contributed by atoms with Gasteiger partial charge in [0.25, 0.3) is 0 Å². The lowest BCUT2D eigenvalue weighted by atomic mass is 9.75. The smallest absolute Gasteiger partial charge is 0.163 e. The number of benzene rings is 2. The van der Waals surface area contributed by atoms with E-state index < -0.39 is 5.60 Å². The number of rotatable bonds is 6. The molecule has 1 fully saturated rings. The molecule has 1 aliphatic carbocycles. The molecule has 2 atom stereocenters. The molecule has 0 spiro atoms. The van der Waals surface area contributed by atoms with E-state index in [-0.39, 0.29) is 11.7 Å². The third-order valence-corrected chi connectivity index (χ3v) is 7.58. The minimum Gasteiger partial charge on any atom is -0.388 e. The fraction of sp³-hybridized carbons (Fsp3) is 0.333. The van der Waals surface area contributed by atoms with E-state index in [0.717, 1.165) is 63.8 Å². The first-order valence-corrected chi connectivity index (χ1v) is 12.7. The van der Waals surface area contributed by atoms with Gasteiger partial charge in [0.1, 0.15) is 0 Å². The Morgan fingerprint density at radius 2 is 2.06 bits per heavy atom. The zero-order chi connectivity index (χ0) is 24.7. The summed E-state index contributed by atoms with van der Waals surface area (Å²) < 4.78 is 1.86. The van der Waals surface area contributed by atoms with Crippen molar-refractivity contribution in [2.24, 2.45) is 10.9 Å². The number of aromatic nitrogens is 3. The predicted octanol–water partition coefficient (Wildman–Crippen LogP) is 5.29. The number of nitrogens with zero attached hydrogens (tertiary/aromatic N) is 4. The summed E-state index contributed by atoms with van der Waals surface area (Å²) in [6.45, 7) is 3.06. The molecule has 1 saturated carbocycles. The zero-order valence-corrected chi connectivity index (χ0v) is 20.5. The molecule has 2 aromatic carbocycles. The molecule has 1 N–H and O–H groups in total. The molecular weight excluding hydrogens is 448 g/mol. The van der Waals surface area contributed by atoms with Gasteiger partial charge in [0.05, 0.1) is 29.9 Å². The third-order valence-electron chi connectivity index (χ3n) is 7.58. The highest BCUT2D eigenvalue weighted by Crippen LogP contribution is 2.36. The van der Waals surface area contributed by atoms with Gasteiger partial charge in [0.15, 0.2) is 5.78 Å². The molecule has 6 nitrogen and oxygen atoms in total.